The monoisotopic (exact) mass is 437 g/mol. The van der Waals surface area contributed by atoms with E-state index in [1.165, 1.54) is 21.3 Å². The zero-order valence-corrected chi connectivity index (χ0v) is 18.1. The van der Waals surface area contributed by atoms with Crippen molar-refractivity contribution in [2.75, 3.05) is 29.9 Å². The van der Waals surface area contributed by atoms with Crippen molar-refractivity contribution in [2.45, 2.75) is 18.7 Å². The molecule has 31 heavy (non-hydrogen) atoms. The smallest absolute Gasteiger partial charge is 0.259 e. The molecule has 0 radical (unpaired) electrons. The summed E-state index contributed by atoms with van der Waals surface area (Å²) < 4.78 is 26.5. The molecule has 0 unspecified atom stereocenters. The van der Waals surface area contributed by atoms with Crippen LogP contribution < -0.4 is 10.2 Å². The van der Waals surface area contributed by atoms with Gasteiger partial charge in [0.1, 0.15) is 6.54 Å². The highest BCUT2D eigenvalue weighted by atomic mass is 32.2. The predicted octanol–water partition coefficient (Wildman–Crippen LogP) is 3.47. The maximum absolute atomic E-state index is 12.8. The highest BCUT2D eigenvalue weighted by molar-refractivity contribution is 7.89. The van der Waals surface area contributed by atoms with Crippen molar-refractivity contribution in [2.24, 2.45) is 0 Å². The van der Waals surface area contributed by atoms with Crippen molar-refractivity contribution < 1.29 is 18.0 Å². The van der Waals surface area contributed by atoms with E-state index in [1.54, 1.807) is 32.0 Å². The molecule has 3 aromatic carbocycles. The summed E-state index contributed by atoms with van der Waals surface area (Å²) in [5, 5.41) is 4.55. The van der Waals surface area contributed by atoms with Crippen LogP contribution in [0.2, 0.25) is 0 Å². The number of sulfonamides is 1. The topological polar surface area (TPSA) is 86.8 Å². The van der Waals surface area contributed by atoms with E-state index < -0.39 is 10.0 Å². The molecule has 0 aromatic heterocycles. The Morgan fingerprint density at radius 3 is 2.26 bits per heavy atom. The van der Waals surface area contributed by atoms with Crippen molar-refractivity contribution in [3.05, 3.63) is 66.2 Å². The van der Waals surface area contributed by atoms with E-state index in [9.17, 15) is 18.0 Å². The van der Waals surface area contributed by atoms with E-state index in [1.807, 2.05) is 30.3 Å². The molecule has 0 bridgehead atoms. The number of hydrogen-bond donors (Lipinski definition) is 1. The second-order valence-corrected chi connectivity index (χ2v) is 9.17. The van der Waals surface area contributed by atoms with Crippen LogP contribution >= 0.6 is 0 Å². The van der Waals surface area contributed by atoms with E-state index in [0.29, 0.717) is 30.0 Å². The van der Waals surface area contributed by atoms with Crippen LogP contribution in [0, 0.1) is 0 Å². The van der Waals surface area contributed by atoms with Gasteiger partial charge in [-0.05, 0) is 41.8 Å². The number of carbonyl (C=O) groups is 2. The molecule has 7 nitrogen and oxygen atoms in total. The van der Waals surface area contributed by atoms with E-state index >= 15 is 0 Å². The van der Waals surface area contributed by atoms with Crippen LogP contribution in [-0.4, -0.2) is 44.2 Å². The maximum atomic E-state index is 12.8. The lowest BCUT2D eigenvalue weighted by Gasteiger charge is -2.19. The van der Waals surface area contributed by atoms with Crippen molar-refractivity contribution in [1.29, 1.82) is 0 Å². The number of anilines is 2. The third kappa shape index (κ3) is 3.68. The van der Waals surface area contributed by atoms with Gasteiger partial charge in [0.05, 0.1) is 10.6 Å². The number of amides is 2. The summed E-state index contributed by atoms with van der Waals surface area (Å²) in [7, 11) is -3.56. The van der Waals surface area contributed by atoms with Crippen molar-refractivity contribution in [1.82, 2.24) is 4.31 Å². The molecule has 8 heteroatoms. The van der Waals surface area contributed by atoms with Crippen molar-refractivity contribution >= 4 is 44.0 Å². The first-order chi connectivity index (χ1) is 14.9. The van der Waals surface area contributed by atoms with Gasteiger partial charge in [0.25, 0.3) is 5.91 Å². The Labute approximate surface area is 181 Å². The number of rotatable bonds is 7. The van der Waals surface area contributed by atoms with Crippen LogP contribution in [-0.2, 0) is 14.8 Å². The van der Waals surface area contributed by atoms with Crippen molar-refractivity contribution in [3.8, 4) is 0 Å². The average Bonchev–Trinajstić information content (AvgIpc) is 3.03. The molecule has 0 spiro atoms. The largest absolute Gasteiger partial charge is 0.325 e. The molecule has 0 fully saturated rings. The summed E-state index contributed by atoms with van der Waals surface area (Å²) in [6, 6.07) is 17.2. The van der Waals surface area contributed by atoms with Crippen LogP contribution in [0.1, 0.15) is 24.2 Å². The van der Waals surface area contributed by atoms with Gasteiger partial charge in [-0.2, -0.15) is 4.31 Å². The summed E-state index contributed by atoms with van der Waals surface area (Å²) in [4.78, 5) is 27.1. The Hall–Kier alpha value is -3.23. The Morgan fingerprint density at radius 2 is 1.61 bits per heavy atom. The van der Waals surface area contributed by atoms with Gasteiger partial charge in [0, 0.05) is 29.7 Å². The van der Waals surface area contributed by atoms with Gasteiger partial charge >= 0.3 is 0 Å². The molecule has 4 rings (SSSR count). The van der Waals surface area contributed by atoms with Gasteiger partial charge in [-0.15, -0.1) is 0 Å². The Bertz CT molecular complexity index is 1260. The number of nitrogens with zero attached hydrogens (tertiary/aromatic N) is 2. The van der Waals surface area contributed by atoms with Gasteiger partial charge in [-0.1, -0.05) is 38.1 Å². The lowest BCUT2D eigenvalue weighted by atomic mass is 10.1. The molecule has 3 aromatic rings. The first-order valence-electron chi connectivity index (χ1n) is 10.1. The summed E-state index contributed by atoms with van der Waals surface area (Å²) in [6.07, 6.45) is 0. The molecule has 2 amide bonds. The summed E-state index contributed by atoms with van der Waals surface area (Å²) in [5.74, 6) is -0.569. The molecular formula is C23H23N3O4S. The second kappa shape index (κ2) is 8.13. The van der Waals surface area contributed by atoms with Crippen LogP contribution in [0.5, 0.6) is 0 Å². The first kappa shape index (κ1) is 21.0. The van der Waals surface area contributed by atoms with Gasteiger partial charge < -0.3 is 5.32 Å². The summed E-state index contributed by atoms with van der Waals surface area (Å²) in [5.41, 5.74) is 1.77. The molecule has 0 atom stereocenters. The standard InChI is InChI=1S/C23H23N3O4S/c1-3-25(4-2)31(29,30)18-13-11-17(12-14-18)24-21(27)15-26-20-10-6-8-16-7-5-9-19(22(16)20)23(26)28/h5-14H,3-4,15H2,1-2H3,(H,24,27). The zero-order valence-electron chi connectivity index (χ0n) is 17.3. The van der Waals surface area contributed by atoms with E-state index in [0.717, 1.165) is 10.8 Å². The van der Waals surface area contributed by atoms with Gasteiger partial charge in [-0.25, -0.2) is 8.42 Å². The average molecular weight is 438 g/mol. The molecule has 160 valence electrons. The lowest BCUT2D eigenvalue weighted by Crippen LogP contribution is -2.35. The Morgan fingerprint density at radius 1 is 0.968 bits per heavy atom. The summed E-state index contributed by atoms with van der Waals surface area (Å²) >= 11 is 0. The predicted molar refractivity (Wildman–Crippen MR) is 121 cm³/mol. The Balaban J connectivity index is 1.49. The third-order valence-electron chi connectivity index (χ3n) is 5.43. The minimum absolute atomic E-state index is 0.133. The minimum atomic E-state index is -3.56. The fourth-order valence-corrected chi connectivity index (χ4v) is 5.36. The highest BCUT2D eigenvalue weighted by Gasteiger charge is 2.30. The lowest BCUT2D eigenvalue weighted by molar-refractivity contribution is -0.114. The quantitative estimate of drug-likeness (QED) is 0.613. The molecule has 1 heterocycles. The van der Waals surface area contributed by atoms with Crippen LogP contribution in [0.25, 0.3) is 10.8 Å². The van der Waals surface area contributed by atoms with Crippen LogP contribution in [0.15, 0.2) is 65.6 Å². The Kier molecular flexibility index (Phi) is 5.51. The number of nitrogens with one attached hydrogen (secondary N) is 1. The molecule has 1 N–H and O–H groups in total. The normalized spacial score (nSPS) is 13.3. The maximum Gasteiger partial charge on any atom is 0.259 e. The third-order valence-corrected chi connectivity index (χ3v) is 7.50. The zero-order chi connectivity index (χ0) is 22.2. The molecule has 1 aliphatic rings. The molecule has 0 aliphatic carbocycles. The van der Waals surface area contributed by atoms with Gasteiger partial charge in [0.2, 0.25) is 15.9 Å². The fourth-order valence-electron chi connectivity index (χ4n) is 3.90. The molecule has 0 saturated heterocycles. The molecule has 1 aliphatic heterocycles. The van der Waals surface area contributed by atoms with Gasteiger partial charge in [-0.3, -0.25) is 14.5 Å². The van der Waals surface area contributed by atoms with E-state index in [4.69, 9.17) is 0 Å². The van der Waals surface area contributed by atoms with Crippen molar-refractivity contribution in [3.63, 3.8) is 0 Å². The highest BCUT2D eigenvalue weighted by Crippen LogP contribution is 2.36. The molecule has 0 saturated carbocycles. The minimum Gasteiger partial charge on any atom is -0.325 e. The van der Waals surface area contributed by atoms with Gasteiger partial charge in [0.15, 0.2) is 0 Å². The SMILES string of the molecule is CCN(CC)S(=O)(=O)c1ccc(NC(=O)CN2C(=O)c3cccc4cccc2c34)cc1. The summed E-state index contributed by atoms with van der Waals surface area (Å²) in [6.45, 7) is 4.21. The van der Waals surface area contributed by atoms with Crippen LogP contribution in [0.3, 0.4) is 0 Å². The number of benzene rings is 3. The first-order valence-corrected chi connectivity index (χ1v) is 11.5. The van der Waals surface area contributed by atoms with E-state index in [2.05, 4.69) is 5.32 Å². The second-order valence-electron chi connectivity index (χ2n) is 7.23. The number of carbonyl (C=O) groups excluding carboxylic acids is 2. The molecular weight excluding hydrogens is 414 g/mol. The van der Waals surface area contributed by atoms with Crippen LogP contribution in [0.4, 0.5) is 11.4 Å². The van der Waals surface area contributed by atoms with E-state index in [-0.39, 0.29) is 23.3 Å². The fraction of sp³-hybridized carbons (Fsp3) is 0.217. The number of hydrogen-bond acceptors (Lipinski definition) is 4.